The average Bonchev–Trinajstić information content (AvgIpc) is 3.10. The summed E-state index contributed by atoms with van der Waals surface area (Å²) in [6, 6.07) is -1.49. The zero-order chi connectivity index (χ0) is 37.7. The molecule has 0 spiro atoms. The number of carbonyl (C=O) groups is 2. The normalized spacial score (nSPS) is 15.1. The Morgan fingerprint density at radius 2 is 1.08 bits per heavy atom. The van der Waals surface area contributed by atoms with Gasteiger partial charge in [0.15, 0.2) is 0 Å². The Bertz CT molecular complexity index is 1130. The predicted molar refractivity (Wildman–Crippen MR) is 207 cm³/mol. The number of esters is 1. The monoisotopic (exact) mass is 735 g/mol. The molecule has 0 saturated carbocycles. The van der Waals surface area contributed by atoms with Gasteiger partial charge in [0, 0.05) is 13.0 Å². The lowest BCUT2D eigenvalue weighted by Crippen LogP contribution is -2.34. The van der Waals surface area contributed by atoms with Crippen LogP contribution in [0.15, 0.2) is 85.1 Å². The third kappa shape index (κ3) is 35.3. The largest absolute Gasteiger partial charge is 0.480 e. The first kappa shape index (κ1) is 48.1. The molecule has 0 aromatic heterocycles. The molecular weight excluding hydrogens is 669 g/mol. The molecule has 51 heavy (non-hydrogen) atoms. The molecule has 290 valence electrons. The molecule has 0 aromatic carbocycles. The molecule has 0 saturated heterocycles. The Kier molecular flexibility index (Phi) is 33.6. The van der Waals surface area contributed by atoms with E-state index in [9.17, 15) is 19.0 Å². The fourth-order valence-corrected chi connectivity index (χ4v) is 5.11. The van der Waals surface area contributed by atoms with E-state index in [2.05, 4.69) is 91.3 Å². The summed E-state index contributed by atoms with van der Waals surface area (Å²) in [6.07, 6.45) is 43.7. The van der Waals surface area contributed by atoms with Crippen molar-refractivity contribution in [1.82, 2.24) is 0 Å². The van der Waals surface area contributed by atoms with E-state index >= 15 is 0 Å². The first-order valence-electron chi connectivity index (χ1n) is 18.6. The highest BCUT2D eigenvalue weighted by Crippen LogP contribution is 2.43. The van der Waals surface area contributed by atoms with Crippen molar-refractivity contribution in [2.45, 2.75) is 129 Å². The van der Waals surface area contributed by atoms with E-state index in [1.165, 1.54) is 12.8 Å². The van der Waals surface area contributed by atoms with Crippen LogP contribution < -0.4 is 5.73 Å². The lowest BCUT2D eigenvalue weighted by atomic mass is 10.1. The first-order chi connectivity index (χ1) is 24.7. The maximum absolute atomic E-state index is 12.5. The van der Waals surface area contributed by atoms with Crippen LogP contribution in [0.25, 0.3) is 0 Å². The van der Waals surface area contributed by atoms with Crippen molar-refractivity contribution >= 4 is 19.8 Å². The van der Waals surface area contributed by atoms with Gasteiger partial charge >= 0.3 is 19.8 Å². The summed E-state index contributed by atoms with van der Waals surface area (Å²) in [6.45, 7) is 3.49. The number of carboxylic acid groups (broad SMARTS) is 1. The van der Waals surface area contributed by atoms with E-state index in [-0.39, 0.29) is 13.0 Å². The van der Waals surface area contributed by atoms with Crippen LogP contribution in [0, 0.1) is 0 Å². The second-order valence-corrected chi connectivity index (χ2v) is 13.4. The van der Waals surface area contributed by atoms with E-state index in [4.69, 9.17) is 24.8 Å². The minimum absolute atomic E-state index is 0.0265. The number of aliphatic carboxylic acids is 1. The Labute approximate surface area is 307 Å². The highest BCUT2D eigenvalue weighted by atomic mass is 31.2. The van der Waals surface area contributed by atoms with Crippen LogP contribution in [0.3, 0.4) is 0 Å². The molecule has 0 heterocycles. The maximum atomic E-state index is 12.5. The minimum Gasteiger partial charge on any atom is -0.480 e. The van der Waals surface area contributed by atoms with Gasteiger partial charge in [-0.3, -0.25) is 18.6 Å². The minimum atomic E-state index is -4.64. The highest BCUT2D eigenvalue weighted by molar-refractivity contribution is 7.47. The van der Waals surface area contributed by atoms with Crippen LogP contribution in [0.2, 0.25) is 0 Å². The number of phosphoric acid groups is 1. The second-order valence-electron chi connectivity index (χ2n) is 11.9. The van der Waals surface area contributed by atoms with Gasteiger partial charge in [-0.25, -0.2) is 4.57 Å². The number of hydrogen-bond acceptors (Lipinski definition) is 8. The highest BCUT2D eigenvalue weighted by Gasteiger charge is 2.27. The quantitative estimate of drug-likeness (QED) is 0.0252. The van der Waals surface area contributed by atoms with E-state index < -0.39 is 45.1 Å². The molecule has 0 amide bonds. The summed E-state index contributed by atoms with van der Waals surface area (Å²) in [7, 11) is -4.64. The molecule has 0 aliphatic carbocycles. The lowest BCUT2D eigenvalue weighted by molar-refractivity contribution is -0.154. The number of rotatable bonds is 34. The van der Waals surface area contributed by atoms with Crippen LogP contribution >= 0.6 is 7.82 Å². The van der Waals surface area contributed by atoms with Gasteiger partial charge < -0.3 is 25.2 Å². The molecule has 11 heteroatoms. The summed E-state index contributed by atoms with van der Waals surface area (Å²) in [5.74, 6) is -1.88. The second kappa shape index (κ2) is 35.5. The van der Waals surface area contributed by atoms with Crippen molar-refractivity contribution in [1.29, 1.82) is 0 Å². The van der Waals surface area contributed by atoms with Crippen LogP contribution in [-0.4, -0.2) is 60.5 Å². The van der Waals surface area contributed by atoms with Crippen molar-refractivity contribution in [3.05, 3.63) is 85.1 Å². The summed E-state index contributed by atoms with van der Waals surface area (Å²) < 4.78 is 33.1. The van der Waals surface area contributed by atoms with Gasteiger partial charge in [0.1, 0.15) is 12.1 Å². The summed E-state index contributed by atoms with van der Waals surface area (Å²) >= 11 is 0. The standard InChI is InChI=1S/C40H66NO9P/c1-3-5-7-9-11-13-15-17-18-19-21-23-25-27-29-31-33-47-34-37(35-48-51(45,46)49-36-38(41)40(43)44)50-39(42)32-30-28-26-24-22-20-16-14-12-10-8-6-4-2/h5-8,11-14,17-18,20,22,26,28,37-38H,3-4,9-10,15-16,19,21,23-25,27,29-36,41H2,1-2H3,(H,43,44)(H,45,46)/b7-5-,8-6-,13-11-,14-12-,18-17-,22-20-,28-26-. The van der Waals surface area contributed by atoms with Gasteiger partial charge in [-0.1, -0.05) is 125 Å². The van der Waals surface area contributed by atoms with Crippen LogP contribution in [0.5, 0.6) is 0 Å². The van der Waals surface area contributed by atoms with Gasteiger partial charge in [-0.2, -0.15) is 0 Å². The molecule has 10 nitrogen and oxygen atoms in total. The van der Waals surface area contributed by atoms with Crippen molar-refractivity contribution in [2.24, 2.45) is 5.73 Å². The number of unbranched alkanes of at least 4 members (excludes halogenated alkanes) is 6. The Morgan fingerprint density at radius 1 is 0.627 bits per heavy atom. The molecule has 3 unspecified atom stereocenters. The molecule has 0 rings (SSSR count). The van der Waals surface area contributed by atoms with Gasteiger partial charge in [-0.05, 0) is 70.6 Å². The van der Waals surface area contributed by atoms with Gasteiger partial charge in [-0.15, -0.1) is 0 Å². The Morgan fingerprint density at radius 3 is 1.61 bits per heavy atom. The molecule has 3 atom stereocenters. The van der Waals surface area contributed by atoms with E-state index in [1.54, 1.807) is 0 Å². The Hall–Kier alpha value is -2.85. The number of phosphoric ester groups is 1. The molecule has 0 aromatic rings. The lowest BCUT2D eigenvalue weighted by Gasteiger charge is -2.20. The molecule has 0 bridgehead atoms. The summed E-state index contributed by atoms with van der Waals surface area (Å²) in [5, 5.41) is 8.86. The van der Waals surface area contributed by atoms with Crippen LogP contribution in [0.4, 0.5) is 0 Å². The van der Waals surface area contributed by atoms with Crippen molar-refractivity contribution < 1.29 is 42.7 Å². The molecule has 4 N–H and O–H groups in total. The molecule has 0 fully saturated rings. The maximum Gasteiger partial charge on any atom is 0.472 e. The number of allylic oxidation sites excluding steroid dienone is 14. The molecule has 0 aliphatic heterocycles. The summed E-state index contributed by atoms with van der Waals surface area (Å²) in [5.41, 5.74) is 5.33. The molecular formula is C40H66NO9P. The van der Waals surface area contributed by atoms with Crippen LogP contribution in [0.1, 0.15) is 117 Å². The van der Waals surface area contributed by atoms with E-state index in [0.29, 0.717) is 13.0 Å². The molecule has 0 aliphatic rings. The smallest absolute Gasteiger partial charge is 0.472 e. The van der Waals surface area contributed by atoms with Crippen molar-refractivity contribution in [2.75, 3.05) is 26.4 Å². The van der Waals surface area contributed by atoms with E-state index in [0.717, 1.165) is 77.0 Å². The zero-order valence-corrected chi connectivity index (χ0v) is 32.1. The number of carbonyl (C=O) groups excluding carboxylic acids is 1. The fourth-order valence-electron chi connectivity index (χ4n) is 4.33. The predicted octanol–water partition coefficient (Wildman–Crippen LogP) is 9.64. The summed E-state index contributed by atoms with van der Waals surface area (Å²) in [4.78, 5) is 33.3. The van der Waals surface area contributed by atoms with Crippen LogP contribution in [-0.2, 0) is 32.7 Å². The van der Waals surface area contributed by atoms with Gasteiger partial charge in [0.25, 0.3) is 0 Å². The number of hydrogen-bond donors (Lipinski definition) is 3. The fraction of sp³-hybridized carbons (Fsp3) is 0.600. The SMILES string of the molecule is CC/C=C\C/C=C\C/C=C\C/C=C\CCC(=O)OC(COCCCCCCCC/C=C\C/C=C\C/C=C\CC)COP(=O)(O)OCC(N)C(=O)O. The van der Waals surface area contributed by atoms with Crippen molar-refractivity contribution in [3.8, 4) is 0 Å². The molecule has 0 radical (unpaired) electrons. The van der Waals surface area contributed by atoms with Gasteiger partial charge in [0.05, 0.1) is 19.8 Å². The third-order valence-electron chi connectivity index (χ3n) is 7.18. The van der Waals surface area contributed by atoms with Gasteiger partial charge in [0.2, 0.25) is 0 Å². The van der Waals surface area contributed by atoms with E-state index in [1.807, 2.05) is 12.2 Å². The number of ether oxygens (including phenoxy) is 2. The number of nitrogens with two attached hydrogens (primary N) is 1. The first-order valence-corrected chi connectivity index (χ1v) is 20.1. The number of carboxylic acids is 1. The zero-order valence-electron chi connectivity index (χ0n) is 31.2. The third-order valence-corrected chi connectivity index (χ3v) is 8.13. The topological polar surface area (TPSA) is 155 Å². The Balaban J connectivity index is 4.45. The van der Waals surface area contributed by atoms with Crippen molar-refractivity contribution in [3.63, 3.8) is 0 Å². The average molecular weight is 736 g/mol.